The van der Waals surface area contributed by atoms with Crippen LogP contribution in [0.4, 0.5) is 35.1 Å². The average Bonchev–Trinajstić information content (AvgIpc) is 3.25. The minimum absolute atomic E-state index is 0.184. The Balaban J connectivity index is 1.17. The van der Waals surface area contributed by atoms with E-state index in [1.165, 1.54) is 55.6 Å². The van der Waals surface area contributed by atoms with Gasteiger partial charge < -0.3 is 14.2 Å². The standard InChI is InChI=1S/C44H26F8O8S2/c1-22-4-3-5-28(20-22)59-31-19-10-25(21-32(31)62(55,56)57)23-6-11-27(12-7-23)60-44-42(51)40(49)35(41(50)43(44)52)34-38(47)36(45)33(37(46)39(34)48)24-8-15-29(16-9-24)61(53,54)30-17-13-26(58-2)14-18-30/h3-21H,1-2H3,(H,55,56,57). The molecule has 0 amide bonds. The summed E-state index contributed by atoms with van der Waals surface area (Å²) in [7, 11) is -7.68. The zero-order valence-corrected chi connectivity index (χ0v) is 33.2. The molecule has 0 aliphatic rings. The third kappa shape index (κ3) is 8.06. The van der Waals surface area contributed by atoms with Gasteiger partial charge >= 0.3 is 0 Å². The van der Waals surface area contributed by atoms with E-state index in [4.69, 9.17) is 14.2 Å². The zero-order valence-electron chi connectivity index (χ0n) is 31.6. The van der Waals surface area contributed by atoms with Gasteiger partial charge in [0.1, 0.15) is 27.9 Å². The van der Waals surface area contributed by atoms with Crippen molar-refractivity contribution in [1.82, 2.24) is 0 Å². The van der Waals surface area contributed by atoms with E-state index in [0.29, 0.717) is 5.75 Å². The van der Waals surface area contributed by atoms with Gasteiger partial charge in [-0.1, -0.05) is 42.5 Å². The van der Waals surface area contributed by atoms with Crippen molar-refractivity contribution in [3.05, 3.63) is 167 Å². The third-order valence-corrected chi connectivity index (χ3v) is 12.1. The summed E-state index contributed by atoms with van der Waals surface area (Å²) in [5, 5.41) is 0. The number of ether oxygens (including phenoxy) is 3. The fourth-order valence-electron chi connectivity index (χ4n) is 6.33. The Morgan fingerprint density at radius 2 is 0.935 bits per heavy atom. The molecule has 0 fully saturated rings. The van der Waals surface area contributed by atoms with Crippen LogP contribution in [-0.4, -0.2) is 28.5 Å². The number of hydrogen-bond acceptors (Lipinski definition) is 7. The Morgan fingerprint density at radius 3 is 1.45 bits per heavy atom. The van der Waals surface area contributed by atoms with Gasteiger partial charge in [-0.15, -0.1) is 0 Å². The van der Waals surface area contributed by atoms with E-state index in [1.807, 2.05) is 0 Å². The molecule has 8 nitrogen and oxygen atoms in total. The molecule has 7 aromatic carbocycles. The zero-order chi connectivity index (χ0) is 44.8. The van der Waals surface area contributed by atoms with Crippen LogP contribution >= 0.6 is 0 Å². The van der Waals surface area contributed by atoms with Crippen molar-refractivity contribution >= 4 is 20.0 Å². The largest absolute Gasteiger partial charge is 0.497 e. The molecule has 0 saturated carbocycles. The summed E-state index contributed by atoms with van der Waals surface area (Å²) in [6.07, 6.45) is 0. The van der Waals surface area contributed by atoms with Gasteiger partial charge in [-0.25, -0.2) is 34.8 Å². The van der Waals surface area contributed by atoms with Gasteiger partial charge in [-0.05, 0) is 102 Å². The van der Waals surface area contributed by atoms with Crippen LogP contribution in [0.15, 0.2) is 130 Å². The maximum atomic E-state index is 15.5. The van der Waals surface area contributed by atoms with Crippen molar-refractivity contribution in [3.63, 3.8) is 0 Å². The molecule has 7 aromatic rings. The van der Waals surface area contributed by atoms with Gasteiger partial charge in [-0.2, -0.15) is 17.2 Å². The Kier molecular flexibility index (Phi) is 11.6. The summed E-state index contributed by atoms with van der Waals surface area (Å²) >= 11 is 0. The van der Waals surface area contributed by atoms with Crippen LogP contribution in [0.3, 0.4) is 0 Å². The minimum atomic E-state index is -4.84. The van der Waals surface area contributed by atoms with E-state index in [9.17, 15) is 21.4 Å². The summed E-state index contributed by atoms with van der Waals surface area (Å²) in [5.41, 5.74) is -5.09. The van der Waals surface area contributed by atoms with E-state index < -0.39 is 105 Å². The van der Waals surface area contributed by atoms with E-state index in [2.05, 4.69) is 0 Å². The molecule has 7 rings (SSSR count). The SMILES string of the molecule is COc1ccc(S(=O)(=O)c2ccc(-c3c(F)c(F)c(-c4c(F)c(F)c(Oc5ccc(-c6ccc(Oc7cccc(C)c7)c(S(=O)(=O)O)c6)cc5)c(F)c4F)c(F)c3F)cc2)cc1. The Labute approximate surface area is 347 Å². The highest BCUT2D eigenvalue weighted by atomic mass is 32.2. The molecular formula is C44H26F8O8S2. The molecule has 0 atom stereocenters. The second-order valence-electron chi connectivity index (χ2n) is 13.4. The van der Waals surface area contributed by atoms with E-state index >= 15 is 35.1 Å². The van der Waals surface area contributed by atoms with Crippen molar-refractivity contribution in [2.75, 3.05) is 7.11 Å². The molecule has 1 N–H and O–H groups in total. The van der Waals surface area contributed by atoms with Crippen LogP contribution in [0, 0.1) is 53.5 Å². The summed E-state index contributed by atoms with van der Waals surface area (Å²) in [5.74, 6) is -20.8. The van der Waals surface area contributed by atoms with Gasteiger partial charge in [0.2, 0.25) is 27.2 Å². The molecule has 0 unspecified atom stereocenters. The first-order valence-corrected chi connectivity index (χ1v) is 20.6. The number of benzene rings is 7. The molecule has 62 heavy (non-hydrogen) atoms. The Bertz CT molecular complexity index is 3070. The van der Waals surface area contributed by atoms with Crippen molar-refractivity contribution in [2.45, 2.75) is 21.6 Å². The molecule has 0 heterocycles. The first kappa shape index (κ1) is 43.3. The van der Waals surface area contributed by atoms with E-state index in [-0.39, 0.29) is 32.4 Å². The number of sulfone groups is 1. The average molecular weight is 899 g/mol. The molecular weight excluding hydrogens is 873 g/mol. The Hall–Kier alpha value is -6.76. The molecule has 0 aromatic heterocycles. The number of hydrogen-bond donors (Lipinski definition) is 1. The van der Waals surface area contributed by atoms with Gasteiger partial charge in [-0.3, -0.25) is 4.55 Å². The first-order chi connectivity index (χ1) is 29.3. The summed E-state index contributed by atoms with van der Waals surface area (Å²) in [6, 6.07) is 23.5. The van der Waals surface area contributed by atoms with Crippen molar-refractivity contribution < 1.29 is 70.7 Å². The van der Waals surface area contributed by atoms with Gasteiger partial charge in [0.05, 0.1) is 33.6 Å². The van der Waals surface area contributed by atoms with Crippen molar-refractivity contribution in [2.24, 2.45) is 0 Å². The molecule has 0 spiro atoms. The predicted molar refractivity (Wildman–Crippen MR) is 208 cm³/mol. The molecule has 318 valence electrons. The molecule has 0 aliphatic carbocycles. The summed E-state index contributed by atoms with van der Waals surface area (Å²) < 4.78 is 200. The van der Waals surface area contributed by atoms with Crippen molar-refractivity contribution in [1.29, 1.82) is 0 Å². The lowest BCUT2D eigenvalue weighted by Gasteiger charge is -2.16. The molecule has 0 aliphatic heterocycles. The van der Waals surface area contributed by atoms with E-state index in [1.54, 1.807) is 31.2 Å². The molecule has 0 bridgehead atoms. The predicted octanol–water partition coefficient (Wildman–Crippen LogP) is 11.8. The highest BCUT2D eigenvalue weighted by Gasteiger charge is 2.35. The lowest BCUT2D eigenvalue weighted by atomic mass is 9.96. The molecule has 0 radical (unpaired) electrons. The molecule has 18 heteroatoms. The number of rotatable bonds is 11. The maximum Gasteiger partial charge on any atom is 0.298 e. The lowest BCUT2D eigenvalue weighted by Crippen LogP contribution is -2.09. The molecule has 0 saturated heterocycles. The Morgan fingerprint density at radius 1 is 0.468 bits per heavy atom. The van der Waals surface area contributed by atoms with Crippen LogP contribution < -0.4 is 14.2 Å². The smallest absolute Gasteiger partial charge is 0.298 e. The van der Waals surface area contributed by atoms with Gasteiger partial charge in [0.25, 0.3) is 10.1 Å². The quantitative estimate of drug-likeness (QED) is 0.0775. The van der Waals surface area contributed by atoms with Crippen LogP contribution in [0.25, 0.3) is 33.4 Å². The monoisotopic (exact) mass is 898 g/mol. The first-order valence-electron chi connectivity index (χ1n) is 17.7. The van der Waals surface area contributed by atoms with Gasteiger partial charge in [0, 0.05) is 0 Å². The topological polar surface area (TPSA) is 116 Å². The fourth-order valence-corrected chi connectivity index (χ4v) is 8.23. The number of aryl methyl sites for hydroxylation is 1. The number of halogens is 8. The highest BCUT2D eigenvalue weighted by molar-refractivity contribution is 7.91. The van der Waals surface area contributed by atoms with Crippen LogP contribution in [0.1, 0.15) is 5.56 Å². The van der Waals surface area contributed by atoms with Crippen LogP contribution in [-0.2, 0) is 20.0 Å². The number of methoxy groups -OCH3 is 1. The second-order valence-corrected chi connectivity index (χ2v) is 16.7. The van der Waals surface area contributed by atoms with Gasteiger partial charge in [0.15, 0.2) is 34.9 Å². The highest BCUT2D eigenvalue weighted by Crippen LogP contribution is 2.43. The summed E-state index contributed by atoms with van der Waals surface area (Å²) in [4.78, 5) is -1.19. The normalized spacial score (nSPS) is 11.7. The maximum absolute atomic E-state index is 15.5. The summed E-state index contributed by atoms with van der Waals surface area (Å²) in [6.45, 7) is 1.78. The minimum Gasteiger partial charge on any atom is -0.497 e. The second kappa shape index (κ2) is 16.6. The van der Waals surface area contributed by atoms with Crippen LogP contribution in [0.2, 0.25) is 0 Å². The lowest BCUT2D eigenvalue weighted by molar-refractivity contribution is 0.367. The third-order valence-electron chi connectivity index (χ3n) is 9.41. The van der Waals surface area contributed by atoms with Crippen LogP contribution in [0.5, 0.6) is 28.7 Å². The fraction of sp³-hybridized carbons (Fsp3) is 0.0455. The van der Waals surface area contributed by atoms with E-state index in [0.717, 1.165) is 48.0 Å². The van der Waals surface area contributed by atoms with Crippen molar-refractivity contribution in [3.8, 4) is 62.1 Å².